The molecule has 0 radical (unpaired) electrons. The van der Waals surface area contributed by atoms with Crippen molar-refractivity contribution in [1.29, 1.82) is 0 Å². The summed E-state index contributed by atoms with van der Waals surface area (Å²) in [5.41, 5.74) is 1.66. The summed E-state index contributed by atoms with van der Waals surface area (Å²) in [6.07, 6.45) is 1.79. The van der Waals surface area contributed by atoms with Crippen LogP contribution in [0.3, 0.4) is 0 Å². The highest BCUT2D eigenvalue weighted by Gasteiger charge is 2.25. The Labute approximate surface area is 197 Å². The number of carbonyl (C=O) groups excluding carboxylic acids is 2. The second-order valence-electron chi connectivity index (χ2n) is 7.54. The maximum atomic E-state index is 13.0. The number of hydrogen-bond donors (Lipinski definition) is 2. The molecule has 1 aliphatic heterocycles. The number of aromatic nitrogens is 4. The topological polar surface area (TPSA) is 120 Å². The van der Waals surface area contributed by atoms with E-state index in [0.29, 0.717) is 47.7 Å². The molecule has 1 aliphatic rings. The molecular formula is C21H21N7O3S2. The van der Waals surface area contributed by atoms with E-state index in [-0.39, 0.29) is 17.6 Å². The van der Waals surface area contributed by atoms with Crippen molar-refractivity contribution in [2.24, 2.45) is 0 Å². The van der Waals surface area contributed by atoms with Gasteiger partial charge in [-0.25, -0.2) is 0 Å². The Morgan fingerprint density at radius 2 is 2.03 bits per heavy atom. The standard InChI is InChI=1S/C21H21N7O3S2/c1-13-10-17(26-31-13)23-18(29)12-32-21-25-24-20(33-21)28-8-6-27(7-9-28)19(30)15-11-22-16-5-3-2-4-14(15)16/h2-5,10-11,22H,6-9,12H2,1H3,(H,23,26,29). The molecule has 0 unspecified atom stereocenters. The number of amides is 2. The third kappa shape index (κ3) is 4.71. The van der Waals surface area contributed by atoms with Gasteiger partial charge in [-0.3, -0.25) is 9.59 Å². The lowest BCUT2D eigenvalue weighted by Crippen LogP contribution is -2.48. The summed E-state index contributed by atoms with van der Waals surface area (Å²) < 4.78 is 5.65. The van der Waals surface area contributed by atoms with Crippen LogP contribution in [0.25, 0.3) is 10.9 Å². The molecular weight excluding hydrogens is 462 g/mol. The fraction of sp³-hybridized carbons (Fsp3) is 0.286. The van der Waals surface area contributed by atoms with Crippen LogP contribution in [-0.4, -0.2) is 69.0 Å². The summed E-state index contributed by atoms with van der Waals surface area (Å²) >= 11 is 2.77. The molecule has 5 rings (SSSR count). The maximum absolute atomic E-state index is 13.0. The minimum atomic E-state index is -0.186. The van der Waals surface area contributed by atoms with Gasteiger partial charge in [-0.1, -0.05) is 46.5 Å². The zero-order valence-electron chi connectivity index (χ0n) is 17.8. The molecule has 1 saturated heterocycles. The highest BCUT2D eigenvalue weighted by molar-refractivity contribution is 8.01. The monoisotopic (exact) mass is 483 g/mol. The Morgan fingerprint density at radius 1 is 1.21 bits per heavy atom. The van der Waals surface area contributed by atoms with E-state index in [1.54, 1.807) is 19.2 Å². The van der Waals surface area contributed by atoms with Crippen LogP contribution < -0.4 is 10.2 Å². The van der Waals surface area contributed by atoms with Crippen molar-refractivity contribution in [3.8, 4) is 0 Å². The van der Waals surface area contributed by atoms with Gasteiger partial charge in [0, 0.05) is 49.3 Å². The second kappa shape index (κ2) is 9.24. The Hall–Kier alpha value is -3.38. The van der Waals surface area contributed by atoms with E-state index in [4.69, 9.17) is 4.52 Å². The van der Waals surface area contributed by atoms with Crippen LogP contribution in [-0.2, 0) is 4.79 Å². The van der Waals surface area contributed by atoms with Gasteiger partial charge in [0.05, 0.1) is 11.3 Å². The van der Waals surface area contributed by atoms with Crippen molar-refractivity contribution in [1.82, 2.24) is 25.2 Å². The van der Waals surface area contributed by atoms with Gasteiger partial charge in [0.25, 0.3) is 5.91 Å². The second-order valence-corrected chi connectivity index (χ2v) is 9.72. The minimum absolute atomic E-state index is 0.0360. The van der Waals surface area contributed by atoms with E-state index in [9.17, 15) is 9.59 Å². The molecule has 3 aromatic heterocycles. The summed E-state index contributed by atoms with van der Waals surface area (Å²) in [7, 11) is 0. The number of nitrogens with one attached hydrogen (secondary N) is 2. The van der Waals surface area contributed by atoms with Gasteiger partial charge >= 0.3 is 0 Å². The lowest BCUT2D eigenvalue weighted by molar-refractivity contribution is -0.113. The number of benzene rings is 1. The molecule has 0 saturated carbocycles. The summed E-state index contributed by atoms with van der Waals surface area (Å²) in [5, 5.41) is 16.6. The van der Waals surface area contributed by atoms with E-state index >= 15 is 0 Å². The molecule has 4 heterocycles. The van der Waals surface area contributed by atoms with E-state index in [1.165, 1.54) is 23.1 Å². The molecule has 0 atom stereocenters. The highest BCUT2D eigenvalue weighted by atomic mass is 32.2. The van der Waals surface area contributed by atoms with Crippen LogP contribution >= 0.6 is 23.1 Å². The number of aromatic amines is 1. The lowest BCUT2D eigenvalue weighted by atomic mass is 10.1. The summed E-state index contributed by atoms with van der Waals surface area (Å²) in [4.78, 5) is 32.3. The highest BCUT2D eigenvalue weighted by Crippen LogP contribution is 2.29. The molecule has 4 aromatic rings. The number of piperazine rings is 1. The number of para-hydroxylation sites is 1. The lowest BCUT2D eigenvalue weighted by Gasteiger charge is -2.34. The predicted molar refractivity (Wildman–Crippen MR) is 127 cm³/mol. The van der Waals surface area contributed by atoms with E-state index < -0.39 is 0 Å². The van der Waals surface area contributed by atoms with Gasteiger partial charge in [-0.05, 0) is 13.0 Å². The van der Waals surface area contributed by atoms with Gasteiger partial charge in [0.15, 0.2) is 10.2 Å². The van der Waals surface area contributed by atoms with Gasteiger partial charge in [-0.2, -0.15) is 0 Å². The molecule has 12 heteroatoms. The van der Waals surface area contributed by atoms with E-state index in [2.05, 4.69) is 30.6 Å². The fourth-order valence-corrected chi connectivity index (χ4v) is 5.33. The van der Waals surface area contributed by atoms with Gasteiger partial charge < -0.3 is 24.6 Å². The SMILES string of the molecule is Cc1cc(NC(=O)CSc2nnc(N3CCN(C(=O)c4c[nH]c5ccccc45)CC3)s2)no1. The Kier molecular flexibility index (Phi) is 6.01. The first-order chi connectivity index (χ1) is 16.1. The molecule has 0 aliphatic carbocycles. The molecule has 0 bridgehead atoms. The quantitative estimate of drug-likeness (QED) is 0.402. The number of aryl methyl sites for hydroxylation is 1. The largest absolute Gasteiger partial charge is 0.360 e. The van der Waals surface area contributed by atoms with Crippen LogP contribution in [0, 0.1) is 6.92 Å². The molecule has 1 fully saturated rings. The first-order valence-electron chi connectivity index (χ1n) is 10.4. The average molecular weight is 484 g/mol. The van der Waals surface area contributed by atoms with Crippen molar-refractivity contribution < 1.29 is 14.1 Å². The molecule has 2 amide bonds. The predicted octanol–water partition coefficient (Wildman–Crippen LogP) is 3.01. The molecule has 0 spiro atoms. The minimum Gasteiger partial charge on any atom is -0.360 e. The summed E-state index contributed by atoms with van der Waals surface area (Å²) in [6, 6.07) is 9.48. The molecule has 10 nitrogen and oxygen atoms in total. The normalized spacial score (nSPS) is 14.1. The van der Waals surface area contributed by atoms with Gasteiger partial charge in [0.1, 0.15) is 5.76 Å². The molecule has 170 valence electrons. The first-order valence-corrected chi connectivity index (χ1v) is 12.2. The van der Waals surface area contributed by atoms with Crippen molar-refractivity contribution >= 4 is 56.8 Å². The molecule has 33 heavy (non-hydrogen) atoms. The smallest absolute Gasteiger partial charge is 0.256 e. The fourth-order valence-electron chi connectivity index (χ4n) is 3.64. The van der Waals surface area contributed by atoms with Crippen LogP contribution in [0.4, 0.5) is 10.9 Å². The van der Waals surface area contributed by atoms with Gasteiger partial charge in [-0.15, -0.1) is 10.2 Å². The van der Waals surface area contributed by atoms with Crippen LogP contribution in [0.15, 0.2) is 45.4 Å². The molecule has 1 aromatic carbocycles. The number of H-pyrrole nitrogens is 1. The first kappa shape index (κ1) is 21.5. The number of nitrogens with zero attached hydrogens (tertiary/aromatic N) is 5. The summed E-state index contributed by atoms with van der Waals surface area (Å²) in [5.74, 6) is 1.09. The average Bonchev–Trinajstić information content (AvgIpc) is 3.57. The van der Waals surface area contributed by atoms with Crippen molar-refractivity contribution in [3.05, 3.63) is 47.9 Å². The third-order valence-electron chi connectivity index (χ3n) is 5.28. The molecule has 2 N–H and O–H groups in total. The van der Waals surface area contributed by atoms with Gasteiger partial charge in [0.2, 0.25) is 11.0 Å². The summed E-state index contributed by atoms with van der Waals surface area (Å²) in [6.45, 7) is 4.34. The van der Waals surface area contributed by atoms with E-state index in [1.807, 2.05) is 29.2 Å². The van der Waals surface area contributed by atoms with Crippen LogP contribution in [0.5, 0.6) is 0 Å². The van der Waals surface area contributed by atoms with Crippen LogP contribution in [0.1, 0.15) is 16.1 Å². The van der Waals surface area contributed by atoms with Crippen molar-refractivity contribution in [2.45, 2.75) is 11.3 Å². The van der Waals surface area contributed by atoms with Crippen LogP contribution in [0.2, 0.25) is 0 Å². The number of carbonyl (C=O) groups is 2. The zero-order chi connectivity index (χ0) is 22.8. The Morgan fingerprint density at radius 3 is 2.82 bits per heavy atom. The third-order valence-corrected chi connectivity index (χ3v) is 7.39. The number of hydrogen-bond acceptors (Lipinski definition) is 9. The zero-order valence-corrected chi connectivity index (χ0v) is 19.4. The Balaban J connectivity index is 1.13. The number of rotatable bonds is 6. The van der Waals surface area contributed by atoms with E-state index in [0.717, 1.165) is 16.0 Å². The number of fused-ring (bicyclic) bond motifs is 1. The Bertz CT molecular complexity index is 1290. The number of anilines is 2. The number of thioether (sulfide) groups is 1. The van der Waals surface area contributed by atoms with Crippen molar-refractivity contribution in [2.75, 3.05) is 42.1 Å². The maximum Gasteiger partial charge on any atom is 0.256 e. The van der Waals surface area contributed by atoms with Crippen molar-refractivity contribution in [3.63, 3.8) is 0 Å².